The number of carbonyl (C=O) groups is 5. The molecular weight excluding hydrogens is 1020 g/mol. The molecule has 5 amide bonds. The second kappa shape index (κ2) is 20.3. The third-order valence-electron chi connectivity index (χ3n) is 15.9. The highest BCUT2D eigenvalue weighted by molar-refractivity contribution is 9.10. The third kappa shape index (κ3) is 9.96. The Morgan fingerprint density at radius 2 is 1.73 bits per heavy atom. The van der Waals surface area contributed by atoms with Crippen molar-refractivity contribution in [3.05, 3.63) is 111 Å². The molecule has 18 nitrogen and oxygen atoms in total. The number of H-pyrrole nitrogens is 1. The molecule has 21 heteroatoms. The fraction of sp³-hybridized carbons (Fsp3) is 0.509. The van der Waals surface area contributed by atoms with Crippen molar-refractivity contribution in [2.75, 3.05) is 38.0 Å². The molecule has 10 rings (SSSR count). The Hall–Kier alpha value is -6.48. The number of β-amino-alcohol motifs (C(OH)–C–C–N with tert-alkyl or cyclic N) is 1. The number of fused-ring (bicyclic) bond motifs is 2. The van der Waals surface area contributed by atoms with Crippen LogP contribution in [0.25, 0.3) is 0 Å². The van der Waals surface area contributed by atoms with Crippen molar-refractivity contribution in [2.45, 2.75) is 115 Å². The standard InChI is InChI=1S/C53H61BrF2N10O8/c1-29(2)46(42-18-30(3)62-74-42)51(72)65-28-36(67)20-40(65)49(70)57-23-32-10-11-34(54)19-41(32)73-37-14-16-63(17-15-37)44(68)12-13-45(69)64-25-33(26-64)48(31-8-6-5-7-9-31)66-27-35(24-58-66)59-50(71)47-38-21-43-52(4,53(43,55)56)22-39(38)60-61-47/h5-11,18-19,24,27,29,33,36-37,40,43,46,48,67H,12-17,20-23,25-26,28H2,1-4H3,(H,57,70)(H,59,71)(H,60,61)/t36-,40+,43+,46-,48-,52-/m1/s1. The topological polar surface area (TPSA) is 221 Å². The van der Waals surface area contributed by atoms with Crippen LogP contribution in [0.1, 0.15) is 109 Å². The number of nitrogens with zero attached hydrogens (tertiary/aromatic N) is 7. The van der Waals surface area contributed by atoms with Crippen molar-refractivity contribution in [1.29, 1.82) is 0 Å². The molecule has 3 saturated heterocycles. The molecule has 5 aromatic rings. The van der Waals surface area contributed by atoms with Crippen molar-refractivity contribution in [1.82, 2.24) is 45.2 Å². The maximum Gasteiger partial charge on any atom is 0.276 e. The summed E-state index contributed by atoms with van der Waals surface area (Å²) in [4.78, 5) is 72.9. The third-order valence-corrected chi connectivity index (χ3v) is 16.4. The van der Waals surface area contributed by atoms with Gasteiger partial charge in [0.2, 0.25) is 23.6 Å². The highest BCUT2D eigenvalue weighted by Gasteiger charge is 2.78. The van der Waals surface area contributed by atoms with Gasteiger partial charge in [-0.3, -0.25) is 33.8 Å². The number of aromatic amines is 1. The van der Waals surface area contributed by atoms with E-state index in [-0.39, 0.29) is 98.5 Å². The van der Waals surface area contributed by atoms with E-state index < -0.39 is 41.2 Å². The van der Waals surface area contributed by atoms with Crippen LogP contribution in [0.4, 0.5) is 14.5 Å². The number of amides is 5. The largest absolute Gasteiger partial charge is 0.490 e. The van der Waals surface area contributed by atoms with Gasteiger partial charge < -0.3 is 39.7 Å². The molecule has 3 aliphatic heterocycles. The van der Waals surface area contributed by atoms with E-state index in [0.29, 0.717) is 73.2 Å². The number of alkyl halides is 2. The highest BCUT2D eigenvalue weighted by atomic mass is 79.9. The van der Waals surface area contributed by atoms with E-state index in [2.05, 4.69) is 47.0 Å². The number of aromatic nitrogens is 5. The first-order valence-corrected chi connectivity index (χ1v) is 26.2. The van der Waals surface area contributed by atoms with Crippen LogP contribution in [0.2, 0.25) is 0 Å². The number of benzene rings is 2. The van der Waals surface area contributed by atoms with Gasteiger partial charge in [0.1, 0.15) is 29.6 Å². The molecule has 0 spiro atoms. The molecule has 2 aromatic carbocycles. The quantitative estimate of drug-likeness (QED) is 0.0871. The zero-order valence-electron chi connectivity index (χ0n) is 41.7. The summed E-state index contributed by atoms with van der Waals surface area (Å²) in [7, 11) is 0. The first kappa shape index (κ1) is 51.0. The van der Waals surface area contributed by atoms with Gasteiger partial charge >= 0.3 is 0 Å². The van der Waals surface area contributed by atoms with E-state index in [1.165, 1.54) is 11.1 Å². The number of carbonyl (C=O) groups excluding carboxylic acids is 5. The molecule has 0 unspecified atom stereocenters. The fourth-order valence-corrected chi connectivity index (χ4v) is 11.9. The highest BCUT2D eigenvalue weighted by Crippen LogP contribution is 2.70. The van der Waals surface area contributed by atoms with Crippen LogP contribution in [0.5, 0.6) is 5.75 Å². The summed E-state index contributed by atoms with van der Waals surface area (Å²) < 4.78 is 43.6. The number of likely N-dealkylation sites (tertiary alicyclic amines) is 3. The monoisotopic (exact) mass is 1080 g/mol. The molecule has 4 fully saturated rings. The number of hydrogen-bond acceptors (Lipinski definition) is 11. The van der Waals surface area contributed by atoms with Gasteiger partial charge in [-0.05, 0) is 37.0 Å². The Morgan fingerprint density at radius 1 is 1.00 bits per heavy atom. The summed E-state index contributed by atoms with van der Waals surface area (Å²) in [6, 6.07) is 15.9. The van der Waals surface area contributed by atoms with Gasteiger partial charge in [-0.25, -0.2) is 8.78 Å². The minimum Gasteiger partial charge on any atom is -0.490 e. The van der Waals surface area contributed by atoms with E-state index in [1.54, 1.807) is 40.6 Å². The average molecular weight is 1080 g/mol. The van der Waals surface area contributed by atoms with Crippen LogP contribution < -0.4 is 15.4 Å². The summed E-state index contributed by atoms with van der Waals surface area (Å²) in [6.07, 6.45) is 3.82. The fourth-order valence-electron chi connectivity index (χ4n) is 11.5. The van der Waals surface area contributed by atoms with E-state index in [1.807, 2.05) is 62.4 Å². The molecule has 5 aliphatic rings. The van der Waals surface area contributed by atoms with Gasteiger partial charge in [0.15, 0.2) is 5.69 Å². The number of nitrogens with one attached hydrogen (secondary N) is 3. The minimum atomic E-state index is -2.78. The number of aliphatic hydroxyl groups excluding tert-OH is 1. The Balaban J connectivity index is 0.686. The minimum absolute atomic E-state index is 0.00433. The zero-order valence-corrected chi connectivity index (χ0v) is 43.3. The number of hydrogen-bond donors (Lipinski definition) is 4. The van der Waals surface area contributed by atoms with Crippen molar-refractivity contribution >= 4 is 51.2 Å². The number of aliphatic hydroxyl groups is 1. The second-order valence-electron chi connectivity index (χ2n) is 21.2. The first-order valence-electron chi connectivity index (χ1n) is 25.4. The molecule has 2 aliphatic carbocycles. The van der Waals surface area contributed by atoms with E-state index in [0.717, 1.165) is 15.6 Å². The predicted octanol–water partition coefficient (Wildman–Crippen LogP) is 6.20. The molecule has 1 saturated carbocycles. The van der Waals surface area contributed by atoms with E-state index in [4.69, 9.17) is 9.26 Å². The van der Waals surface area contributed by atoms with Crippen LogP contribution in [-0.2, 0) is 38.6 Å². The lowest BCUT2D eigenvalue weighted by Gasteiger charge is -2.43. The Morgan fingerprint density at radius 3 is 2.43 bits per heavy atom. The molecule has 0 bridgehead atoms. The number of rotatable bonds is 16. The molecule has 74 heavy (non-hydrogen) atoms. The van der Waals surface area contributed by atoms with Crippen molar-refractivity contribution < 1.29 is 47.1 Å². The van der Waals surface area contributed by atoms with Gasteiger partial charge in [0, 0.05) is 129 Å². The lowest BCUT2D eigenvalue weighted by Crippen LogP contribution is -2.53. The van der Waals surface area contributed by atoms with Gasteiger partial charge in [0.05, 0.1) is 29.7 Å². The smallest absolute Gasteiger partial charge is 0.276 e. The van der Waals surface area contributed by atoms with Gasteiger partial charge in [-0.2, -0.15) is 10.2 Å². The zero-order chi connectivity index (χ0) is 52.2. The Kier molecular flexibility index (Phi) is 14.0. The van der Waals surface area contributed by atoms with Crippen LogP contribution in [0.3, 0.4) is 0 Å². The van der Waals surface area contributed by atoms with Gasteiger partial charge in [-0.15, -0.1) is 0 Å². The number of anilines is 1. The number of aryl methyl sites for hydroxylation is 1. The van der Waals surface area contributed by atoms with E-state index in [9.17, 15) is 37.9 Å². The lowest BCUT2D eigenvalue weighted by atomic mass is 9.86. The summed E-state index contributed by atoms with van der Waals surface area (Å²) in [5, 5.41) is 32.0. The maximum absolute atomic E-state index is 14.5. The summed E-state index contributed by atoms with van der Waals surface area (Å²) in [5.74, 6) is -4.81. The van der Waals surface area contributed by atoms with Gasteiger partial charge in [0.25, 0.3) is 11.8 Å². The summed E-state index contributed by atoms with van der Waals surface area (Å²) in [5.41, 5.74) is 2.87. The Labute approximate surface area is 435 Å². The SMILES string of the molecule is Cc1cc([C@H](C(=O)N2C[C@H](O)C[C@H]2C(=O)NCc2ccc(Br)cc2OC2CCN(C(=O)CCC(=O)N3CC([C@@H](c4ccccc4)n4cc(NC(=O)c5n[nH]c6c5C[C@@H]5C(F)(F)[C@]5(C)C6)cn4)C3)CC2)C(C)C)on1. The van der Waals surface area contributed by atoms with Crippen LogP contribution in [-0.4, -0.2) is 131 Å². The summed E-state index contributed by atoms with van der Waals surface area (Å²) in [6.45, 7) is 9.12. The number of halogens is 3. The number of piperidine rings is 1. The summed E-state index contributed by atoms with van der Waals surface area (Å²) >= 11 is 3.54. The first-order chi connectivity index (χ1) is 35.4. The van der Waals surface area contributed by atoms with Crippen molar-refractivity contribution in [3.63, 3.8) is 0 Å². The van der Waals surface area contributed by atoms with Crippen molar-refractivity contribution in [3.8, 4) is 5.75 Å². The predicted molar refractivity (Wildman–Crippen MR) is 268 cm³/mol. The molecule has 3 aromatic heterocycles. The van der Waals surface area contributed by atoms with Crippen LogP contribution in [0, 0.1) is 30.1 Å². The maximum atomic E-state index is 14.5. The molecule has 4 N–H and O–H groups in total. The number of ether oxygens (including phenoxy) is 1. The Bertz CT molecular complexity index is 2930. The van der Waals surface area contributed by atoms with Crippen LogP contribution in [0.15, 0.2) is 76.0 Å². The van der Waals surface area contributed by atoms with Crippen LogP contribution >= 0.6 is 15.9 Å². The van der Waals surface area contributed by atoms with Crippen molar-refractivity contribution in [2.24, 2.45) is 23.2 Å². The second-order valence-corrected chi connectivity index (χ2v) is 22.2. The molecule has 6 heterocycles. The average Bonchev–Trinajstić information content (AvgIpc) is 4.08. The normalized spacial score (nSPS) is 23.1. The van der Waals surface area contributed by atoms with E-state index >= 15 is 0 Å². The molecule has 6 atom stereocenters. The molecule has 0 radical (unpaired) electrons. The van der Waals surface area contributed by atoms with Gasteiger partial charge in [-0.1, -0.05) is 78.3 Å². The molecule has 392 valence electrons. The lowest BCUT2D eigenvalue weighted by molar-refractivity contribution is -0.142. The molecular formula is C53H61BrF2N10O8.